The van der Waals surface area contributed by atoms with E-state index in [4.69, 9.17) is 11.6 Å². The van der Waals surface area contributed by atoms with Gasteiger partial charge in [-0.25, -0.2) is 4.39 Å². The van der Waals surface area contributed by atoms with Crippen LogP contribution in [0.5, 0.6) is 0 Å². The number of benzene rings is 2. The summed E-state index contributed by atoms with van der Waals surface area (Å²) in [5.74, 6) is -0.149. The predicted molar refractivity (Wildman–Crippen MR) is 103 cm³/mol. The molecule has 26 heavy (non-hydrogen) atoms. The molecule has 0 saturated carbocycles. The first-order chi connectivity index (χ1) is 12.5. The third kappa shape index (κ3) is 4.54. The third-order valence-corrected chi connectivity index (χ3v) is 5.10. The van der Waals surface area contributed by atoms with E-state index >= 15 is 0 Å². The van der Waals surface area contributed by atoms with E-state index in [-0.39, 0.29) is 24.3 Å². The lowest BCUT2D eigenvalue weighted by Gasteiger charge is -2.36. The maximum absolute atomic E-state index is 13.0. The van der Waals surface area contributed by atoms with Crippen molar-refractivity contribution in [2.45, 2.75) is 13.0 Å². The van der Waals surface area contributed by atoms with E-state index < -0.39 is 0 Å². The Bertz CT molecular complexity index is 745. The number of hydrogen-bond donors (Lipinski definition) is 1. The van der Waals surface area contributed by atoms with Crippen molar-refractivity contribution < 1.29 is 9.18 Å². The lowest BCUT2D eigenvalue weighted by molar-refractivity contribution is -0.130. The molecule has 1 saturated heterocycles. The number of amides is 1. The van der Waals surface area contributed by atoms with E-state index in [2.05, 4.69) is 10.2 Å². The van der Waals surface area contributed by atoms with E-state index in [1.165, 1.54) is 12.1 Å². The zero-order valence-electron chi connectivity index (χ0n) is 14.8. The first kappa shape index (κ1) is 18.7. The summed E-state index contributed by atoms with van der Waals surface area (Å²) in [6.07, 6.45) is 0. The summed E-state index contributed by atoms with van der Waals surface area (Å²) in [7, 11) is 0. The van der Waals surface area contributed by atoms with Crippen LogP contribution >= 0.6 is 11.6 Å². The fraction of sp³-hybridized carbons (Fsp3) is 0.350. The number of anilines is 1. The minimum absolute atomic E-state index is 0.00755. The first-order valence-corrected chi connectivity index (χ1v) is 9.18. The molecule has 1 aliphatic rings. The van der Waals surface area contributed by atoms with Gasteiger partial charge in [-0.2, -0.15) is 0 Å². The van der Waals surface area contributed by atoms with Crippen LogP contribution in [0.15, 0.2) is 48.5 Å². The molecule has 138 valence electrons. The molecule has 0 aromatic heterocycles. The number of hydrogen-bond acceptors (Lipinski definition) is 3. The summed E-state index contributed by atoms with van der Waals surface area (Å²) < 4.78 is 13.0. The van der Waals surface area contributed by atoms with E-state index in [1.807, 2.05) is 36.1 Å². The van der Waals surface area contributed by atoms with Crippen LogP contribution in [-0.4, -0.2) is 43.5 Å². The molecule has 1 aliphatic heterocycles. The second-order valence-corrected chi connectivity index (χ2v) is 6.88. The first-order valence-electron chi connectivity index (χ1n) is 8.80. The number of nitrogens with one attached hydrogen (secondary N) is 1. The molecule has 1 fully saturated rings. The van der Waals surface area contributed by atoms with Crippen LogP contribution in [0.1, 0.15) is 18.5 Å². The molecule has 3 rings (SSSR count). The Labute approximate surface area is 158 Å². The molecule has 1 N–H and O–H groups in total. The number of piperazine rings is 1. The number of rotatable bonds is 5. The highest BCUT2D eigenvalue weighted by Crippen LogP contribution is 2.22. The second kappa shape index (κ2) is 8.52. The molecule has 1 unspecified atom stereocenters. The van der Waals surface area contributed by atoms with E-state index in [0.717, 1.165) is 24.3 Å². The van der Waals surface area contributed by atoms with Gasteiger partial charge < -0.3 is 15.1 Å². The van der Waals surface area contributed by atoms with Crippen molar-refractivity contribution in [3.8, 4) is 0 Å². The van der Waals surface area contributed by atoms with Crippen molar-refractivity contribution in [2.24, 2.45) is 0 Å². The maximum atomic E-state index is 13.0. The Hall–Kier alpha value is -2.11. The van der Waals surface area contributed by atoms with Crippen LogP contribution in [0.4, 0.5) is 10.1 Å². The van der Waals surface area contributed by atoms with Gasteiger partial charge in [0.05, 0.1) is 6.54 Å². The van der Waals surface area contributed by atoms with Crippen LogP contribution in [0.25, 0.3) is 0 Å². The van der Waals surface area contributed by atoms with Gasteiger partial charge in [-0.3, -0.25) is 4.79 Å². The molecule has 2 aromatic carbocycles. The normalized spacial score (nSPS) is 15.8. The molecule has 0 bridgehead atoms. The van der Waals surface area contributed by atoms with Gasteiger partial charge in [-0.15, -0.1) is 0 Å². The van der Waals surface area contributed by atoms with Crippen molar-refractivity contribution in [2.75, 3.05) is 37.6 Å². The molecule has 0 radical (unpaired) electrons. The Morgan fingerprint density at radius 1 is 1.12 bits per heavy atom. The van der Waals surface area contributed by atoms with Gasteiger partial charge >= 0.3 is 0 Å². The summed E-state index contributed by atoms with van der Waals surface area (Å²) in [5, 5.41) is 3.96. The molecule has 2 aromatic rings. The van der Waals surface area contributed by atoms with Gasteiger partial charge in [0.15, 0.2) is 0 Å². The quantitative estimate of drug-likeness (QED) is 0.869. The highest BCUT2D eigenvalue weighted by atomic mass is 35.5. The summed E-state index contributed by atoms with van der Waals surface area (Å²) in [6, 6.07) is 14.1. The van der Waals surface area contributed by atoms with Crippen molar-refractivity contribution in [3.63, 3.8) is 0 Å². The summed E-state index contributed by atoms with van der Waals surface area (Å²) in [5.41, 5.74) is 1.98. The predicted octanol–water partition coefficient (Wildman–Crippen LogP) is 3.48. The monoisotopic (exact) mass is 375 g/mol. The average Bonchev–Trinajstić information content (AvgIpc) is 2.67. The summed E-state index contributed by atoms with van der Waals surface area (Å²) in [4.78, 5) is 16.5. The summed E-state index contributed by atoms with van der Waals surface area (Å²) in [6.45, 7) is 5.11. The Kier molecular flexibility index (Phi) is 6.12. The molecular formula is C20H23ClFN3O. The van der Waals surface area contributed by atoms with Gasteiger partial charge in [-0.05, 0) is 42.8 Å². The second-order valence-electron chi connectivity index (χ2n) is 6.47. The van der Waals surface area contributed by atoms with Crippen LogP contribution < -0.4 is 10.2 Å². The largest absolute Gasteiger partial charge is 0.368 e. The van der Waals surface area contributed by atoms with Crippen molar-refractivity contribution in [1.82, 2.24) is 10.2 Å². The molecule has 1 atom stereocenters. The van der Waals surface area contributed by atoms with Crippen LogP contribution in [0.3, 0.4) is 0 Å². The molecular weight excluding hydrogens is 353 g/mol. The van der Waals surface area contributed by atoms with Crippen LogP contribution in [0, 0.1) is 5.82 Å². The highest BCUT2D eigenvalue weighted by Gasteiger charge is 2.21. The molecule has 0 spiro atoms. The van der Waals surface area contributed by atoms with Gasteiger partial charge in [-0.1, -0.05) is 29.8 Å². The van der Waals surface area contributed by atoms with E-state index in [9.17, 15) is 9.18 Å². The van der Waals surface area contributed by atoms with Gasteiger partial charge in [0.25, 0.3) is 0 Å². The van der Waals surface area contributed by atoms with Gasteiger partial charge in [0.2, 0.25) is 5.91 Å². The van der Waals surface area contributed by atoms with Gasteiger partial charge in [0.1, 0.15) is 5.82 Å². The smallest absolute Gasteiger partial charge is 0.236 e. The molecule has 6 heteroatoms. The van der Waals surface area contributed by atoms with Crippen molar-refractivity contribution >= 4 is 23.2 Å². The third-order valence-electron chi connectivity index (χ3n) is 4.76. The van der Waals surface area contributed by atoms with Crippen LogP contribution in [0.2, 0.25) is 5.02 Å². The van der Waals surface area contributed by atoms with Gasteiger partial charge in [0, 0.05) is 42.9 Å². The highest BCUT2D eigenvalue weighted by molar-refractivity contribution is 6.31. The Morgan fingerprint density at radius 2 is 1.77 bits per heavy atom. The number of halogens is 2. The Balaban J connectivity index is 1.48. The zero-order valence-corrected chi connectivity index (χ0v) is 15.5. The minimum Gasteiger partial charge on any atom is -0.368 e. The number of nitrogens with zero attached hydrogens (tertiary/aromatic N) is 2. The molecule has 1 heterocycles. The zero-order chi connectivity index (χ0) is 18.5. The molecule has 1 amide bonds. The van der Waals surface area contributed by atoms with Crippen molar-refractivity contribution in [3.05, 3.63) is 64.9 Å². The topological polar surface area (TPSA) is 35.6 Å². The SMILES string of the molecule is CC(NCC(=O)N1CCN(c2ccc(F)cc2)CC1)c1ccccc1Cl. The fourth-order valence-corrected chi connectivity index (χ4v) is 3.45. The van der Waals surface area contributed by atoms with Crippen molar-refractivity contribution in [1.29, 1.82) is 0 Å². The number of carbonyl (C=O) groups excluding carboxylic acids is 1. The van der Waals surface area contributed by atoms with E-state index in [0.29, 0.717) is 18.1 Å². The number of carbonyl (C=O) groups is 1. The molecule has 0 aliphatic carbocycles. The fourth-order valence-electron chi connectivity index (χ4n) is 3.15. The average molecular weight is 376 g/mol. The lowest BCUT2D eigenvalue weighted by atomic mass is 10.1. The maximum Gasteiger partial charge on any atom is 0.236 e. The minimum atomic E-state index is -0.235. The van der Waals surface area contributed by atoms with E-state index in [1.54, 1.807) is 12.1 Å². The summed E-state index contributed by atoms with van der Waals surface area (Å²) >= 11 is 6.20. The standard InChI is InChI=1S/C20H23ClFN3O/c1-15(18-4-2-3-5-19(18)21)23-14-20(26)25-12-10-24(11-13-25)17-8-6-16(22)7-9-17/h2-9,15,23H,10-14H2,1H3. The van der Waals surface area contributed by atoms with Crippen LogP contribution in [-0.2, 0) is 4.79 Å². The Morgan fingerprint density at radius 3 is 2.42 bits per heavy atom. The lowest BCUT2D eigenvalue weighted by Crippen LogP contribution is -2.51. The molecule has 4 nitrogen and oxygen atoms in total.